The first-order chi connectivity index (χ1) is 13.5. The quantitative estimate of drug-likeness (QED) is 0.673. The zero-order chi connectivity index (χ0) is 20.5. The lowest BCUT2D eigenvalue weighted by Gasteiger charge is -2.36. The van der Waals surface area contributed by atoms with Crippen LogP contribution in [-0.2, 0) is 4.79 Å². The summed E-state index contributed by atoms with van der Waals surface area (Å²) in [7, 11) is 0. The van der Waals surface area contributed by atoms with Gasteiger partial charge in [0.2, 0.25) is 5.91 Å². The van der Waals surface area contributed by atoms with Gasteiger partial charge in [-0.15, -0.1) is 0 Å². The van der Waals surface area contributed by atoms with Gasteiger partial charge in [-0.05, 0) is 45.2 Å². The third-order valence-electron chi connectivity index (χ3n) is 4.94. The Balaban J connectivity index is 2.39. The van der Waals surface area contributed by atoms with Crippen molar-refractivity contribution in [2.45, 2.75) is 52.2 Å². The summed E-state index contributed by atoms with van der Waals surface area (Å²) in [5, 5.41) is 9.44. The van der Waals surface area contributed by atoms with Crippen LogP contribution in [0.1, 0.15) is 51.3 Å². The number of rotatable bonds is 10. The van der Waals surface area contributed by atoms with E-state index in [4.69, 9.17) is 0 Å². The fourth-order valence-corrected chi connectivity index (χ4v) is 3.89. The van der Waals surface area contributed by atoms with E-state index in [2.05, 4.69) is 56.9 Å². The number of hydrogen-bond acceptors (Lipinski definition) is 3. The molecule has 0 unspecified atom stereocenters. The Hall–Kier alpha value is -2.17. The molecule has 0 aliphatic heterocycles. The van der Waals surface area contributed by atoms with Gasteiger partial charge in [-0.25, -0.2) is 0 Å². The molecule has 4 nitrogen and oxygen atoms in total. The van der Waals surface area contributed by atoms with E-state index in [1.165, 1.54) is 0 Å². The molecular formula is C24H34N2O2. The number of carbonyl (C=O) groups excluding carboxylic acids is 1. The Bertz CT molecular complexity index is 654. The molecule has 0 bridgehead atoms. The molecule has 28 heavy (non-hydrogen) atoms. The van der Waals surface area contributed by atoms with Crippen LogP contribution in [0.25, 0.3) is 0 Å². The number of aliphatic hydroxyl groups excluding tert-OH is 1. The second-order valence-electron chi connectivity index (χ2n) is 7.76. The molecule has 4 heteroatoms. The average molecular weight is 383 g/mol. The molecule has 152 valence electrons. The molecule has 2 aromatic rings. The molecule has 1 N–H and O–H groups in total. The van der Waals surface area contributed by atoms with Crippen molar-refractivity contribution >= 4 is 5.91 Å². The predicted molar refractivity (Wildman–Crippen MR) is 115 cm³/mol. The van der Waals surface area contributed by atoms with Crippen LogP contribution in [0, 0.1) is 0 Å². The minimum absolute atomic E-state index is 0.0286. The first-order valence-corrected chi connectivity index (χ1v) is 10.2. The molecule has 1 amide bonds. The summed E-state index contributed by atoms with van der Waals surface area (Å²) in [6.45, 7) is 9.32. The van der Waals surface area contributed by atoms with Gasteiger partial charge in [0.25, 0.3) is 0 Å². The van der Waals surface area contributed by atoms with E-state index in [1.807, 2.05) is 41.3 Å². The lowest BCUT2D eigenvalue weighted by molar-refractivity contribution is -0.136. The zero-order valence-corrected chi connectivity index (χ0v) is 17.6. The topological polar surface area (TPSA) is 43.8 Å². The van der Waals surface area contributed by atoms with Crippen molar-refractivity contribution in [1.29, 1.82) is 0 Å². The fourth-order valence-electron chi connectivity index (χ4n) is 3.89. The summed E-state index contributed by atoms with van der Waals surface area (Å²) in [5.74, 6) is 0.125. The lowest BCUT2D eigenvalue weighted by atomic mass is 9.96. The van der Waals surface area contributed by atoms with E-state index in [1.54, 1.807) is 0 Å². The Labute approximate surface area is 169 Å². The van der Waals surface area contributed by atoms with E-state index < -0.39 is 0 Å². The molecule has 0 saturated carbocycles. The molecule has 0 radical (unpaired) electrons. The van der Waals surface area contributed by atoms with E-state index in [9.17, 15) is 9.90 Å². The number of carbonyl (C=O) groups is 1. The van der Waals surface area contributed by atoms with E-state index in [-0.39, 0.29) is 30.6 Å². The number of benzene rings is 2. The van der Waals surface area contributed by atoms with Crippen molar-refractivity contribution in [3.63, 3.8) is 0 Å². The smallest absolute Gasteiger partial charge is 0.237 e. The monoisotopic (exact) mass is 382 g/mol. The average Bonchev–Trinajstić information content (AvgIpc) is 2.67. The summed E-state index contributed by atoms with van der Waals surface area (Å²) in [4.78, 5) is 17.3. The van der Waals surface area contributed by atoms with E-state index in [0.717, 1.165) is 11.1 Å². The van der Waals surface area contributed by atoms with Crippen molar-refractivity contribution in [2.75, 3.05) is 19.7 Å². The minimum Gasteiger partial charge on any atom is -0.396 e. The van der Waals surface area contributed by atoms with Gasteiger partial charge in [0.1, 0.15) is 0 Å². The summed E-state index contributed by atoms with van der Waals surface area (Å²) in [6.07, 6.45) is 0.632. The number of nitrogens with zero attached hydrogens (tertiary/aromatic N) is 2. The van der Waals surface area contributed by atoms with Crippen LogP contribution in [0.15, 0.2) is 60.7 Å². The second kappa shape index (κ2) is 11.0. The van der Waals surface area contributed by atoms with Gasteiger partial charge < -0.3 is 10.0 Å². The number of hydrogen-bond donors (Lipinski definition) is 1. The third-order valence-corrected chi connectivity index (χ3v) is 4.94. The van der Waals surface area contributed by atoms with Crippen LogP contribution in [0.5, 0.6) is 0 Å². The van der Waals surface area contributed by atoms with Crippen LogP contribution >= 0.6 is 0 Å². The molecule has 2 rings (SSSR count). The molecule has 2 aromatic carbocycles. The number of aliphatic hydroxyl groups is 1. The molecule has 0 saturated heterocycles. The molecule has 0 spiro atoms. The van der Waals surface area contributed by atoms with E-state index in [0.29, 0.717) is 19.5 Å². The SMILES string of the molecule is CC(C)N(C(=O)CN(CCCO)C(c1ccccc1)c1ccccc1)C(C)C. The molecule has 0 aliphatic rings. The van der Waals surface area contributed by atoms with Crippen molar-refractivity contribution < 1.29 is 9.90 Å². The molecule has 0 aliphatic carbocycles. The molecular weight excluding hydrogens is 348 g/mol. The summed E-state index contributed by atoms with van der Waals surface area (Å²) in [5.41, 5.74) is 2.31. The van der Waals surface area contributed by atoms with Crippen LogP contribution in [-0.4, -0.2) is 52.6 Å². The summed E-state index contributed by atoms with van der Waals surface area (Å²) >= 11 is 0. The molecule has 0 aromatic heterocycles. The van der Waals surface area contributed by atoms with Crippen LogP contribution < -0.4 is 0 Å². The van der Waals surface area contributed by atoms with Crippen molar-refractivity contribution in [1.82, 2.24) is 9.80 Å². The van der Waals surface area contributed by atoms with Crippen LogP contribution in [0.2, 0.25) is 0 Å². The maximum atomic E-state index is 13.2. The normalized spacial score (nSPS) is 11.6. The summed E-state index contributed by atoms with van der Waals surface area (Å²) in [6, 6.07) is 20.9. The molecule has 0 atom stereocenters. The Morgan fingerprint density at radius 1 is 0.857 bits per heavy atom. The Morgan fingerprint density at radius 2 is 1.32 bits per heavy atom. The second-order valence-corrected chi connectivity index (χ2v) is 7.76. The van der Waals surface area contributed by atoms with Gasteiger partial charge in [0, 0.05) is 25.2 Å². The molecule has 0 fully saturated rings. The van der Waals surface area contributed by atoms with Gasteiger partial charge in [0.15, 0.2) is 0 Å². The van der Waals surface area contributed by atoms with Crippen molar-refractivity contribution in [3.05, 3.63) is 71.8 Å². The van der Waals surface area contributed by atoms with Gasteiger partial charge in [-0.2, -0.15) is 0 Å². The Kier molecular flexibility index (Phi) is 8.68. The first-order valence-electron chi connectivity index (χ1n) is 10.2. The highest BCUT2D eigenvalue weighted by molar-refractivity contribution is 5.79. The van der Waals surface area contributed by atoms with Crippen molar-refractivity contribution in [3.8, 4) is 0 Å². The highest BCUT2D eigenvalue weighted by Crippen LogP contribution is 2.29. The van der Waals surface area contributed by atoms with Gasteiger partial charge in [0.05, 0.1) is 12.6 Å². The Morgan fingerprint density at radius 3 is 1.71 bits per heavy atom. The fraction of sp³-hybridized carbons (Fsp3) is 0.458. The largest absolute Gasteiger partial charge is 0.396 e. The third kappa shape index (κ3) is 5.91. The zero-order valence-electron chi connectivity index (χ0n) is 17.6. The maximum Gasteiger partial charge on any atom is 0.237 e. The van der Waals surface area contributed by atoms with Gasteiger partial charge >= 0.3 is 0 Å². The highest BCUT2D eigenvalue weighted by atomic mass is 16.3. The maximum absolute atomic E-state index is 13.2. The van der Waals surface area contributed by atoms with Crippen molar-refractivity contribution in [2.24, 2.45) is 0 Å². The lowest BCUT2D eigenvalue weighted by Crippen LogP contribution is -2.48. The standard InChI is InChI=1S/C24H34N2O2/c1-19(2)26(20(3)4)23(28)18-25(16-11-17-27)24(21-12-7-5-8-13-21)22-14-9-6-10-15-22/h5-10,12-15,19-20,24,27H,11,16-18H2,1-4H3. The van der Waals surface area contributed by atoms with Gasteiger partial charge in [-0.1, -0.05) is 60.7 Å². The van der Waals surface area contributed by atoms with Crippen LogP contribution in [0.3, 0.4) is 0 Å². The first kappa shape index (κ1) is 22.1. The summed E-state index contributed by atoms with van der Waals surface area (Å²) < 4.78 is 0. The minimum atomic E-state index is -0.0286. The van der Waals surface area contributed by atoms with Gasteiger partial charge in [-0.3, -0.25) is 9.69 Å². The van der Waals surface area contributed by atoms with E-state index >= 15 is 0 Å². The predicted octanol–water partition coefficient (Wildman–Crippen LogP) is 4.11. The molecule has 0 heterocycles. The van der Waals surface area contributed by atoms with Crippen LogP contribution in [0.4, 0.5) is 0 Å². The highest BCUT2D eigenvalue weighted by Gasteiger charge is 2.28. The number of amides is 1.